The molecule has 9 heteroatoms. The van der Waals surface area contributed by atoms with Gasteiger partial charge in [0.2, 0.25) is 16.9 Å². The van der Waals surface area contributed by atoms with E-state index < -0.39 is 0 Å². The van der Waals surface area contributed by atoms with Crippen LogP contribution in [0.4, 0.5) is 5.13 Å². The number of hydrogen-bond donors (Lipinski definition) is 2. The summed E-state index contributed by atoms with van der Waals surface area (Å²) in [7, 11) is 1.63. The number of anilines is 1. The van der Waals surface area contributed by atoms with E-state index in [0.29, 0.717) is 0 Å². The minimum atomic E-state index is -0.302. The highest BCUT2D eigenvalue weighted by atomic mass is 32.2. The molecule has 0 aliphatic heterocycles. The van der Waals surface area contributed by atoms with Crippen LogP contribution in [0, 0.1) is 0 Å². The number of carbonyl (C=O) groups excluding carboxylic acids is 2. The maximum atomic E-state index is 12.1. The van der Waals surface area contributed by atoms with E-state index in [1.54, 1.807) is 7.05 Å². The molecule has 1 heterocycles. The topological polar surface area (TPSA) is 87.2 Å². The summed E-state index contributed by atoms with van der Waals surface area (Å²) in [6, 6.07) is 0. The number of amides is 2. The minimum absolute atomic E-state index is 0.0522. The molecule has 136 valence electrons. The first-order chi connectivity index (χ1) is 11.2. The van der Waals surface area contributed by atoms with Gasteiger partial charge in [0.15, 0.2) is 4.34 Å². The Morgan fingerprint density at radius 1 is 1.29 bits per heavy atom. The maximum Gasteiger partial charge on any atom is 0.240 e. The fourth-order valence-corrected chi connectivity index (χ4v) is 3.42. The predicted octanol–water partition coefficient (Wildman–Crippen LogP) is 2.22. The molecule has 2 amide bonds. The van der Waals surface area contributed by atoms with E-state index in [1.807, 2.05) is 20.8 Å². The molecule has 1 aromatic heterocycles. The Hall–Kier alpha value is -1.35. The molecule has 1 rings (SSSR count). The van der Waals surface area contributed by atoms with Gasteiger partial charge in [0.05, 0.1) is 12.3 Å². The second-order valence-corrected chi connectivity index (χ2v) is 8.69. The zero-order chi connectivity index (χ0) is 18.2. The first-order valence-corrected chi connectivity index (χ1v) is 9.76. The number of unbranched alkanes of at least 4 members (excludes halogenated alkanes) is 1. The second-order valence-electron chi connectivity index (χ2n) is 6.49. The van der Waals surface area contributed by atoms with Crippen LogP contribution >= 0.6 is 23.1 Å². The molecule has 0 bridgehead atoms. The normalized spacial score (nSPS) is 11.2. The molecule has 0 spiro atoms. The van der Waals surface area contributed by atoms with Gasteiger partial charge in [-0.2, -0.15) is 0 Å². The summed E-state index contributed by atoms with van der Waals surface area (Å²) >= 11 is 2.78. The zero-order valence-corrected chi connectivity index (χ0v) is 16.6. The van der Waals surface area contributed by atoms with Crippen molar-refractivity contribution >= 4 is 40.0 Å². The van der Waals surface area contributed by atoms with Crippen LogP contribution in [0.5, 0.6) is 0 Å². The summed E-state index contributed by atoms with van der Waals surface area (Å²) in [4.78, 5) is 25.4. The van der Waals surface area contributed by atoms with E-state index in [2.05, 4.69) is 27.8 Å². The van der Waals surface area contributed by atoms with Crippen molar-refractivity contribution in [2.45, 2.75) is 50.4 Å². The van der Waals surface area contributed by atoms with Crippen molar-refractivity contribution in [3.05, 3.63) is 0 Å². The molecule has 0 aliphatic carbocycles. The summed E-state index contributed by atoms with van der Waals surface area (Å²) in [6.07, 6.45) is 2.21. The highest BCUT2D eigenvalue weighted by molar-refractivity contribution is 8.01. The van der Waals surface area contributed by atoms with Crippen molar-refractivity contribution in [3.8, 4) is 0 Å². The highest BCUT2D eigenvalue weighted by Gasteiger charge is 2.18. The Morgan fingerprint density at radius 2 is 2.00 bits per heavy atom. The van der Waals surface area contributed by atoms with E-state index >= 15 is 0 Å². The van der Waals surface area contributed by atoms with Crippen molar-refractivity contribution in [3.63, 3.8) is 0 Å². The third-order valence-electron chi connectivity index (χ3n) is 2.85. The SMILES string of the molecule is CCCCNc1nnc(SCC(=O)N(C)CC(=O)NC(C)(C)C)s1. The Bertz CT molecular complexity index is 542. The largest absolute Gasteiger partial charge is 0.360 e. The van der Waals surface area contributed by atoms with Gasteiger partial charge in [-0.05, 0) is 27.2 Å². The van der Waals surface area contributed by atoms with Gasteiger partial charge < -0.3 is 15.5 Å². The van der Waals surface area contributed by atoms with Crippen LogP contribution in [0.2, 0.25) is 0 Å². The molecule has 0 radical (unpaired) electrons. The number of hydrogen-bond acceptors (Lipinski definition) is 7. The van der Waals surface area contributed by atoms with Crippen molar-refractivity contribution in [1.82, 2.24) is 20.4 Å². The van der Waals surface area contributed by atoms with Crippen LogP contribution in [0.3, 0.4) is 0 Å². The third kappa shape index (κ3) is 8.49. The summed E-state index contributed by atoms with van der Waals surface area (Å²) in [5.74, 6) is -0.0375. The lowest BCUT2D eigenvalue weighted by atomic mass is 10.1. The molecule has 7 nitrogen and oxygen atoms in total. The standard InChI is InChI=1S/C15H27N5O2S2/c1-6-7-8-16-13-18-19-14(24-13)23-10-12(22)20(5)9-11(21)17-15(2,3)4/h6-10H2,1-5H3,(H,16,18)(H,17,21). The number of rotatable bonds is 9. The van der Waals surface area contributed by atoms with Crippen molar-refractivity contribution < 1.29 is 9.59 Å². The van der Waals surface area contributed by atoms with Gasteiger partial charge in [0.25, 0.3) is 0 Å². The van der Waals surface area contributed by atoms with E-state index in [4.69, 9.17) is 0 Å². The Morgan fingerprint density at radius 3 is 2.62 bits per heavy atom. The van der Waals surface area contributed by atoms with E-state index in [-0.39, 0.29) is 29.7 Å². The van der Waals surface area contributed by atoms with Crippen LogP contribution in [0.1, 0.15) is 40.5 Å². The average Bonchev–Trinajstić information content (AvgIpc) is 2.90. The number of carbonyl (C=O) groups is 2. The van der Waals surface area contributed by atoms with Gasteiger partial charge in [0.1, 0.15) is 0 Å². The Kier molecular flexibility index (Phi) is 8.47. The molecule has 0 saturated carbocycles. The van der Waals surface area contributed by atoms with Gasteiger partial charge in [-0.25, -0.2) is 0 Å². The molecule has 0 aromatic carbocycles. The number of aromatic nitrogens is 2. The van der Waals surface area contributed by atoms with Crippen molar-refractivity contribution in [2.24, 2.45) is 0 Å². The van der Waals surface area contributed by atoms with Gasteiger partial charge in [-0.3, -0.25) is 9.59 Å². The first-order valence-electron chi connectivity index (χ1n) is 7.96. The molecule has 1 aromatic rings. The second kappa shape index (κ2) is 9.83. The van der Waals surface area contributed by atoms with Crippen LogP contribution < -0.4 is 10.6 Å². The van der Waals surface area contributed by atoms with Crippen LogP contribution in [0.25, 0.3) is 0 Å². The Balaban J connectivity index is 2.35. The van der Waals surface area contributed by atoms with Gasteiger partial charge >= 0.3 is 0 Å². The predicted molar refractivity (Wildman–Crippen MR) is 99.6 cm³/mol. The fraction of sp³-hybridized carbons (Fsp3) is 0.733. The van der Waals surface area contributed by atoms with Gasteiger partial charge in [-0.1, -0.05) is 36.4 Å². The number of likely N-dealkylation sites (N-methyl/N-ethyl adjacent to an activating group) is 1. The van der Waals surface area contributed by atoms with Crippen LogP contribution in [-0.2, 0) is 9.59 Å². The van der Waals surface area contributed by atoms with Gasteiger partial charge in [-0.15, -0.1) is 10.2 Å². The molecule has 0 atom stereocenters. The monoisotopic (exact) mass is 373 g/mol. The number of nitrogens with one attached hydrogen (secondary N) is 2. The number of nitrogens with zero attached hydrogens (tertiary/aromatic N) is 3. The van der Waals surface area contributed by atoms with E-state index in [9.17, 15) is 9.59 Å². The molecule has 0 saturated heterocycles. The Labute approximate surface area is 152 Å². The average molecular weight is 374 g/mol. The fourth-order valence-electron chi connectivity index (χ4n) is 1.71. The summed E-state index contributed by atoms with van der Waals surface area (Å²) < 4.78 is 0.745. The smallest absolute Gasteiger partial charge is 0.240 e. The molecule has 24 heavy (non-hydrogen) atoms. The lowest BCUT2D eigenvalue weighted by Gasteiger charge is -2.23. The van der Waals surface area contributed by atoms with Crippen molar-refractivity contribution in [2.75, 3.05) is 31.2 Å². The highest BCUT2D eigenvalue weighted by Crippen LogP contribution is 2.25. The van der Waals surface area contributed by atoms with Crippen molar-refractivity contribution in [1.29, 1.82) is 0 Å². The molecular weight excluding hydrogens is 346 g/mol. The maximum absolute atomic E-state index is 12.1. The van der Waals surface area contributed by atoms with E-state index in [1.165, 1.54) is 28.0 Å². The lowest BCUT2D eigenvalue weighted by Crippen LogP contribution is -2.46. The quantitative estimate of drug-likeness (QED) is 0.510. The molecule has 0 unspecified atom stereocenters. The molecule has 0 aliphatic rings. The zero-order valence-electron chi connectivity index (χ0n) is 15.0. The molecule has 0 fully saturated rings. The lowest BCUT2D eigenvalue weighted by molar-refractivity contribution is -0.133. The summed E-state index contributed by atoms with van der Waals surface area (Å²) in [5, 5.41) is 14.9. The van der Waals surface area contributed by atoms with Crippen LogP contribution in [-0.4, -0.2) is 58.3 Å². The summed E-state index contributed by atoms with van der Waals surface area (Å²) in [6.45, 7) is 8.78. The van der Waals surface area contributed by atoms with Crippen LogP contribution in [0.15, 0.2) is 4.34 Å². The first kappa shape index (κ1) is 20.7. The molecular formula is C15H27N5O2S2. The minimum Gasteiger partial charge on any atom is -0.360 e. The van der Waals surface area contributed by atoms with Gasteiger partial charge in [0, 0.05) is 19.1 Å². The molecule has 2 N–H and O–H groups in total. The van der Waals surface area contributed by atoms with E-state index in [0.717, 1.165) is 28.9 Å². The number of thioether (sulfide) groups is 1. The summed E-state index contributed by atoms with van der Waals surface area (Å²) in [5.41, 5.74) is -0.302. The third-order valence-corrected chi connectivity index (χ3v) is 4.85.